The molecule has 0 aliphatic rings. The number of amides is 1. The van der Waals surface area contributed by atoms with Gasteiger partial charge >= 0.3 is 6.18 Å². The van der Waals surface area contributed by atoms with Crippen molar-refractivity contribution in [3.8, 4) is 5.75 Å². The fraction of sp³-hybridized carbons (Fsp3) is 0.222. The van der Waals surface area contributed by atoms with Crippen molar-refractivity contribution in [2.24, 2.45) is 0 Å². The number of rotatable bonds is 6. The molecule has 1 amide bonds. The lowest BCUT2D eigenvalue weighted by molar-refractivity contribution is -0.137. The lowest BCUT2D eigenvalue weighted by atomic mass is 10.3. The van der Waals surface area contributed by atoms with Crippen LogP contribution in [0.2, 0.25) is 0 Å². The third kappa shape index (κ3) is 4.53. The molecular formula is C18H16F3N3O2. The summed E-state index contributed by atoms with van der Waals surface area (Å²) in [4.78, 5) is 16.0. The second-order valence-corrected chi connectivity index (χ2v) is 5.60. The van der Waals surface area contributed by atoms with Crippen molar-refractivity contribution in [1.29, 1.82) is 0 Å². The van der Waals surface area contributed by atoms with Gasteiger partial charge in [-0.3, -0.25) is 4.79 Å². The Hall–Kier alpha value is -3.03. The summed E-state index contributed by atoms with van der Waals surface area (Å²) in [5, 5.41) is 2.67. The fourth-order valence-electron chi connectivity index (χ4n) is 2.35. The van der Waals surface area contributed by atoms with Crippen molar-refractivity contribution < 1.29 is 22.7 Å². The molecule has 26 heavy (non-hydrogen) atoms. The third-order valence-corrected chi connectivity index (χ3v) is 3.64. The Morgan fingerprint density at radius 3 is 2.62 bits per heavy atom. The number of imidazole rings is 1. The van der Waals surface area contributed by atoms with E-state index >= 15 is 0 Å². The highest BCUT2D eigenvalue weighted by Crippen LogP contribution is 2.29. The number of benzene rings is 1. The summed E-state index contributed by atoms with van der Waals surface area (Å²) >= 11 is 0. The normalized spacial score (nSPS) is 11.5. The molecule has 0 atom stereocenters. The van der Waals surface area contributed by atoms with Gasteiger partial charge in [-0.05, 0) is 24.3 Å². The molecule has 8 heteroatoms. The van der Waals surface area contributed by atoms with Crippen molar-refractivity contribution in [2.45, 2.75) is 19.1 Å². The molecule has 2 aromatic heterocycles. The van der Waals surface area contributed by atoms with Crippen molar-refractivity contribution >= 4 is 11.6 Å². The maximum atomic E-state index is 12.7. The number of carbonyl (C=O) groups is 1. The monoisotopic (exact) mass is 363 g/mol. The number of hydrogen-bond donors (Lipinski definition) is 1. The molecule has 1 aromatic carbocycles. The van der Waals surface area contributed by atoms with Gasteiger partial charge in [0.05, 0.1) is 30.8 Å². The van der Waals surface area contributed by atoms with Crippen molar-refractivity contribution in [3.05, 3.63) is 66.1 Å². The molecule has 0 saturated heterocycles. The van der Waals surface area contributed by atoms with Crippen LogP contribution in [0, 0.1) is 0 Å². The molecule has 0 unspecified atom stereocenters. The minimum atomic E-state index is -4.41. The topological polar surface area (TPSA) is 55.6 Å². The van der Waals surface area contributed by atoms with Gasteiger partial charge in [-0.25, -0.2) is 4.98 Å². The number of nitrogens with one attached hydrogen (secondary N) is 1. The quantitative estimate of drug-likeness (QED) is 0.730. The molecule has 2 heterocycles. The van der Waals surface area contributed by atoms with Gasteiger partial charge in [-0.2, -0.15) is 13.2 Å². The van der Waals surface area contributed by atoms with Gasteiger partial charge in [0.25, 0.3) is 0 Å². The zero-order valence-electron chi connectivity index (χ0n) is 13.7. The summed E-state index contributed by atoms with van der Waals surface area (Å²) < 4.78 is 44.9. The van der Waals surface area contributed by atoms with Crippen LogP contribution in [0.3, 0.4) is 0 Å². The molecule has 0 aliphatic heterocycles. The first-order chi connectivity index (χ1) is 12.4. The predicted octanol–water partition coefficient (Wildman–Crippen LogP) is 3.44. The zero-order chi connectivity index (χ0) is 18.6. The number of halogens is 3. The second-order valence-electron chi connectivity index (χ2n) is 5.60. The second kappa shape index (κ2) is 7.47. The van der Waals surface area contributed by atoms with E-state index in [4.69, 9.17) is 4.74 Å². The first-order valence-electron chi connectivity index (χ1n) is 7.91. The molecule has 136 valence electrons. The Bertz CT molecular complexity index is 892. The van der Waals surface area contributed by atoms with E-state index in [9.17, 15) is 18.0 Å². The van der Waals surface area contributed by atoms with Crippen LogP contribution < -0.4 is 10.1 Å². The third-order valence-electron chi connectivity index (χ3n) is 3.64. The Balaban J connectivity index is 1.51. The number of hydrogen-bond acceptors (Lipinski definition) is 3. The average Bonchev–Trinajstić information content (AvgIpc) is 3.02. The first kappa shape index (κ1) is 17.8. The fourth-order valence-corrected chi connectivity index (χ4v) is 2.35. The van der Waals surface area contributed by atoms with Crippen LogP contribution in [-0.4, -0.2) is 21.9 Å². The van der Waals surface area contributed by atoms with Crippen LogP contribution in [0.15, 0.2) is 54.9 Å². The smallest absolute Gasteiger partial charge is 0.417 e. The number of aromatic nitrogens is 2. The van der Waals surface area contributed by atoms with Crippen LogP contribution in [0.25, 0.3) is 5.65 Å². The number of alkyl halides is 3. The van der Waals surface area contributed by atoms with Gasteiger partial charge in [0.2, 0.25) is 5.91 Å². The minimum Gasteiger partial charge on any atom is -0.493 e. The Kier molecular flexibility index (Phi) is 5.11. The van der Waals surface area contributed by atoms with Gasteiger partial charge in [-0.1, -0.05) is 18.2 Å². The van der Waals surface area contributed by atoms with Crippen LogP contribution in [-0.2, 0) is 17.5 Å². The summed E-state index contributed by atoms with van der Waals surface area (Å²) in [6.45, 7) is 0.364. The number of fused-ring (bicyclic) bond motifs is 1. The molecule has 3 aromatic rings. The lowest BCUT2D eigenvalue weighted by Gasteiger charge is -2.06. The van der Waals surface area contributed by atoms with E-state index in [-0.39, 0.29) is 25.5 Å². The number of carbonyl (C=O) groups excluding carboxylic acids is 1. The van der Waals surface area contributed by atoms with E-state index in [1.807, 2.05) is 18.2 Å². The van der Waals surface area contributed by atoms with E-state index in [1.165, 1.54) is 16.7 Å². The maximum absolute atomic E-state index is 12.7. The molecule has 0 bridgehead atoms. The van der Waals surface area contributed by atoms with Gasteiger partial charge < -0.3 is 14.5 Å². The molecule has 0 spiro atoms. The average molecular weight is 363 g/mol. The standard InChI is InChI=1S/C18H16F3N3O2/c19-18(20,21)13-6-7-16-23-14(12-24(16)11-13)10-22-17(25)8-9-26-15-4-2-1-3-5-15/h1-7,11-12H,8-10H2,(H,22,25). The minimum absolute atomic E-state index is 0.132. The van der Waals surface area contributed by atoms with Gasteiger partial charge in [0, 0.05) is 12.4 Å². The van der Waals surface area contributed by atoms with Gasteiger partial charge in [0.15, 0.2) is 0 Å². The molecule has 1 N–H and O–H groups in total. The molecule has 0 radical (unpaired) electrons. The Labute approximate surface area is 147 Å². The number of pyridine rings is 1. The summed E-state index contributed by atoms with van der Waals surface area (Å²) in [7, 11) is 0. The van der Waals surface area contributed by atoms with Crippen LogP contribution in [0.5, 0.6) is 5.75 Å². The predicted molar refractivity (Wildman–Crippen MR) is 88.6 cm³/mol. The van der Waals surface area contributed by atoms with E-state index in [2.05, 4.69) is 10.3 Å². The summed E-state index contributed by atoms with van der Waals surface area (Å²) in [5.74, 6) is 0.454. The van der Waals surface area contributed by atoms with Gasteiger partial charge in [-0.15, -0.1) is 0 Å². The molecule has 0 aliphatic carbocycles. The molecular weight excluding hydrogens is 347 g/mol. The lowest BCUT2D eigenvalue weighted by Crippen LogP contribution is -2.24. The molecule has 0 saturated carbocycles. The SMILES string of the molecule is O=C(CCOc1ccccc1)NCc1cn2cc(C(F)(F)F)ccc2n1. The van der Waals surface area contributed by atoms with Crippen molar-refractivity contribution in [1.82, 2.24) is 14.7 Å². The summed E-state index contributed by atoms with van der Waals surface area (Å²) in [6, 6.07) is 11.4. The van der Waals surface area contributed by atoms with Crippen molar-refractivity contribution in [3.63, 3.8) is 0 Å². The molecule has 0 fully saturated rings. The van der Waals surface area contributed by atoms with E-state index in [0.29, 0.717) is 17.1 Å². The number of para-hydroxylation sites is 1. The van der Waals surface area contributed by atoms with E-state index < -0.39 is 11.7 Å². The largest absolute Gasteiger partial charge is 0.493 e. The van der Waals surface area contributed by atoms with E-state index in [0.717, 1.165) is 12.3 Å². The highest BCUT2D eigenvalue weighted by Gasteiger charge is 2.30. The molecule has 5 nitrogen and oxygen atoms in total. The van der Waals surface area contributed by atoms with Gasteiger partial charge in [0.1, 0.15) is 11.4 Å². The van der Waals surface area contributed by atoms with Crippen LogP contribution >= 0.6 is 0 Å². The van der Waals surface area contributed by atoms with Crippen LogP contribution in [0.4, 0.5) is 13.2 Å². The Morgan fingerprint density at radius 1 is 1.12 bits per heavy atom. The highest BCUT2D eigenvalue weighted by molar-refractivity contribution is 5.75. The summed E-state index contributed by atoms with van der Waals surface area (Å²) in [6.07, 6.45) is -1.81. The number of nitrogens with zero attached hydrogens (tertiary/aromatic N) is 2. The zero-order valence-corrected chi connectivity index (χ0v) is 13.7. The summed E-state index contributed by atoms with van der Waals surface area (Å²) in [5.41, 5.74) is 0.104. The number of ether oxygens (including phenoxy) is 1. The van der Waals surface area contributed by atoms with Crippen molar-refractivity contribution in [2.75, 3.05) is 6.61 Å². The molecule has 3 rings (SSSR count). The highest BCUT2D eigenvalue weighted by atomic mass is 19.4. The maximum Gasteiger partial charge on any atom is 0.417 e. The Morgan fingerprint density at radius 2 is 1.88 bits per heavy atom. The van der Waals surface area contributed by atoms with Crippen LogP contribution in [0.1, 0.15) is 17.7 Å². The van der Waals surface area contributed by atoms with E-state index in [1.54, 1.807) is 12.1 Å². The first-order valence-corrected chi connectivity index (χ1v) is 7.91.